The molecule has 15 heavy (non-hydrogen) atoms. The minimum atomic E-state index is -2.97. The normalized spacial score (nSPS) is 17.5. The molecule has 2 nitrogen and oxygen atoms in total. The molecule has 0 saturated heterocycles. The molecule has 1 atom stereocenters. The lowest BCUT2D eigenvalue weighted by atomic mass is 9.87. The molecular weight excluding hydrogens is 276 g/mol. The zero-order valence-corrected chi connectivity index (χ0v) is 12.8. The van der Waals surface area contributed by atoms with Crippen molar-refractivity contribution in [2.24, 2.45) is 5.41 Å². The number of hydrogen-bond donors (Lipinski definition) is 0. The lowest BCUT2D eigenvalue weighted by molar-refractivity contribution is 0.349. The van der Waals surface area contributed by atoms with Gasteiger partial charge in [0, 0.05) is 5.33 Å². The largest absolute Gasteiger partial charge is 0.228 e. The average Bonchev–Trinajstić information content (AvgIpc) is 2.13. The van der Waals surface area contributed by atoms with Crippen molar-refractivity contribution in [3.63, 3.8) is 0 Å². The molecule has 0 radical (unpaired) electrons. The number of alkyl halides is 1. The van der Waals surface area contributed by atoms with Gasteiger partial charge in [0.2, 0.25) is 0 Å². The van der Waals surface area contributed by atoms with Gasteiger partial charge in [-0.2, -0.15) is 0 Å². The van der Waals surface area contributed by atoms with Crippen molar-refractivity contribution in [3.8, 4) is 0 Å². The molecule has 0 aliphatic carbocycles. The third kappa shape index (κ3) is 4.43. The summed E-state index contributed by atoms with van der Waals surface area (Å²) in [6, 6.07) is 0. The van der Waals surface area contributed by atoms with Gasteiger partial charge in [0.1, 0.15) is 0 Å². The van der Waals surface area contributed by atoms with Crippen LogP contribution in [-0.2, 0) is 9.84 Å². The van der Waals surface area contributed by atoms with Crippen LogP contribution >= 0.6 is 15.9 Å². The summed E-state index contributed by atoms with van der Waals surface area (Å²) in [5.41, 5.74) is 0.0956. The van der Waals surface area contributed by atoms with E-state index in [-0.39, 0.29) is 11.2 Å². The molecule has 0 aromatic rings. The standard InChI is InChI=1S/C11H23BrO2S/c1-6-11(5,9-12)7-8-15(13,14)10(2,3)4/h6-9H2,1-5H3. The van der Waals surface area contributed by atoms with Gasteiger partial charge in [0.05, 0.1) is 10.5 Å². The summed E-state index contributed by atoms with van der Waals surface area (Å²) in [5.74, 6) is 0.284. The number of hydrogen-bond acceptors (Lipinski definition) is 2. The Bertz CT molecular complexity index is 284. The SMILES string of the molecule is CCC(C)(CBr)CCS(=O)(=O)C(C)(C)C. The van der Waals surface area contributed by atoms with E-state index in [0.717, 1.165) is 18.2 Å². The van der Waals surface area contributed by atoms with E-state index in [1.54, 1.807) is 20.8 Å². The Morgan fingerprint density at radius 1 is 1.13 bits per heavy atom. The summed E-state index contributed by atoms with van der Waals surface area (Å²) in [6.45, 7) is 9.52. The second-order valence-corrected chi connectivity index (χ2v) is 8.90. The van der Waals surface area contributed by atoms with Gasteiger partial charge < -0.3 is 0 Å². The minimum absolute atomic E-state index is 0.0956. The van der Waals surface area contributed by atoms with Gasteiger partial charge in [0.15, 0.2) is 9.84 Å². The Morgan fingerprint density at radius 2 is 1.60 bits per heavy atom. The Kier molecular flexibility index (Phi) is 5.32. The Hall–Kier alpha value is 0.430. The predicted octanol–water partition coefficient (Wildman–Crippen LogP) is 3.40. The molecule has 4 heteroatoms. The van der Waals surface area contributed by atoms with Gasteiger partial charge in [-0.3, -0.25) is 0 Å². The Labute approximate surface area is 103 Å². The van der Waals surface area contributed by atoms with Crippen molar-refractivity contribution < 1.29 is 8.42 Å². The fourth-order valence-corrected chi connectivity index (χ4v) is 3.08. The zero-order valence-electron chi connectivity index (χ0n) is 10.4. The Morgan fingerprint density at radius 3 is 1.87 bits per heavy atom. The molecule has 0 fully saturated rings. The highest BCUT2D eigenvalue weighted by Crippen LogP contribution is 2.30. The Balaban J connectivity index is 4.53. The first-order chi connectivity index (χ1) is 6.58. The monoisotopic (exact) mass is 298 g/mol. The molecule has 0 N–H and O–H groups in total. The molecule has 0 rings (SSSR count). The molecule has 0 aliphatic rings. The topological polar surface area (TPSA) is 34.1 Å². The molecule has 0 heterocycles. The lowest BCUT2D eigenvalue weighted by Crippen LogP contribution is -2.33. The smallest absolute Gasteiger partial charge is 0.155 e. The van der Waals surface area contributed by atoms with Crippen molar-refractivity contribution in [1.82, 2.24) is 0 Å². The third-order valence-electron chi connectivity index (χ3n) is 3.08. The van der Waals surface area contributed by atoms with Crippen LogP contribution in [0.2, 0.25) is 0 Å². The van der Waals surface area contributed by atoms with Gasteiger partial charge in [0.25, 0.3) is 0 Å². The summed E-state index contributed by atoms with van der Waals surface area (Å²) >= 11 is 3.46. The highest BCUT2D eigenvalue weighted by Gasteiger charge is 2.31. The first kappa shape index (κ1) is 15.4. The summed E-state index contributed by atoms with van der Waals surface area (Å²) in [5, 5.41) is 0.857. The quantitative estimate of drug-likeness (QED) is 0.729. The van der Waals surface area contributed by atoms with E-state index in [9.17, 15) is 8.42 Å². The summed E-state index contributed by atoms with van der Waals surface area (Å²) in [7, 11) is -2.97. The van der Waals surface area contributed by atoms with E-state index in [0.29, 0.717) is 0 Å². The minimum Gasteiger partial charge on any atom is -0.228 e. The fourth-order valence-electron chi connectivity index (χ4n) is 1.03. The van der Waals surface area contributed by atoms with Crippen LogP contribution < -0.4 is 0 Å². The molecule has 0 aromatic carbocycles. The first-order valence-corrected chi connectivity index (χ1v) is 8.13. The van der Waals surface area contributed by atoms with E-state index in [1.165, 1.54) is 0 Å². The van der Waals surface area contributed by atoms with E-state index in [4.69, 9.17) is 0 Å². The van der Waals surface area contributed by atoms with Crippen LogP contribution in [0.3, 0.4) is 0 Å². The van der Waals surface area contributed by atoms with Crippen LogP contribution in [0.25, 0.3) is 0 Å². The second-order valence-electron chi connectivity index (χ2n) is 5.48. The van der Waals surface area contributed by atoms with E-state index >= 15 is 0 Å². The maximum atomic E-state index is 11.9. The molecule has 0 aromatic heterocycles. The zero-order chi connectivity index (χ0) is 12.3. The van der Waals surface area contributed by atoms with Crippen molar-refractivity contribution in [2.75, 3.05) is 11.1 Å². The fraction of sp³-hybridized carbons (Fsp3) is 1.00. The highest BCUT2D eigenvalue weighted by molar-refractivity contribution is 9.09. The predicted molar refractivity (Wildman–Crippen MR) is 70.3 cm³/mol. The maximum absolute atomic E-state index is 11.9. The second kappa shape index (κ2) is 5.17. The van der Waals surface area contributed by atoms with Crippen LogP contribution in [0.4, 0.5) is 0 Å². The summed E-state index contributed by atoms with van der Waals surface area (Å²) < 4.78 is 23.2. The number of halogens is 1. The lowest BCUT2D eigenvalue weighted by Gasteiger charge is -2.27. The third-order valence-corrected chi connectivity index (χ3v) is 7.04. The molecule has 0 amide bonds. The van der Waals surface area contributed by atoms with Crippen LogP contribution in [-0.4, -0.2) is 24.2 Å². The van der Waals surface area contributed by atoms with E-state index in [2.05, 4.69) is 29.8 Å². The summed E-state index contributed by atoms with van der Waals surface area (Å²) in [6.07, 6.45) is 1.73. The number of sulfone groups is 1. The van der Waals surface area contributed by atoms with Gasteiger partial charge in [-0.1, -0.05) is 29.8 Å². The van der Waals surface area contributed by atoms with Crippen molar-refractivity contribution in [3.05, 3.63) is 0 Å². The molecular formula is C11H23BrO2S. The van der Waals surface area contributed by atoms with Crippen LogP contribution in [0.15, 0.2) is 0 Å². The van der Waals surface area contributed by atoms with E-state index < -0.39 is 14.6 Å². The van der Waals surface area contributed by atoms with Crippen LogP contribution in [0.1, 0.15) is 47.5 Å². The van der Waals surface area contributed by atoms with Crippen molar-refractivity contribution in [1.29, 1.82) is 0 Å². The number of rotatable bonds is 5. The maximum Gasteiger partial charge on any atom is 0.155 e. The molecule has 0 bridgehead atoms. The van der Waals surface area contributed by atoms with Gasteiger partial charge in [-0.15, -0.1) is 0 Å². The average molecular weight is 299 g/mol. The molecule has 92 valence electrons. The van der Waals surface area contributed by atoms with Crippen molar-refractivity contribution >= 4 is 25.8 Å². The van der Waals surface area contributed by atoms with Crippen LogP contribution in [0, 0.1) is 5.41 Å². The first-order valence-electron chi connectivity index (χ1n) is 5.36. The highest BCUT2D eigenvalue weighted by atomic mass is 79.9. The summed E-state index contributed by atoms with van der Waals surface area (Å²) in [4.78, 5) is 0. The molecule has 0 spiro atoms. The molecule has 0 saturated carbocycles. The van der Waals surface area contributed by atoms with Crippen LogP contribution in [0.5, 0.6) is 0 Å². The molecule has 0 aliphatic heterocycles. The van der Waals surface area contributed by atoms with Gasteiger partial charge in [-0.25, -0.2) is 8.42 Å². The van der Waals surface area contributed by atoms with E-state index in [1.807, 2.05) is 0 Å². The van der Waals surface area contributed by atoms with Gasteiger partial charge >= 0.3 is 0 Å². The van der Waals surface area contributed by atoms with Crippen molar-refractivity contribution in [2.45, 2.75) is 52.2 Å². The van der Waals surface area contributed by atoms with Gasteiger partial charge in [-0.05, 0) is 39.0 Å². The molecule has 1 unspecified atom stereocenters.